The average molecular weight is 274 g/mol. The lowest BCUT2D eigenvalue weighted by molar-refractivity contribution is -0.136. The van der Waals surface area contributed by atoms with Gasteiger partial charge in [0.2, 0.25) is 0 Å². The van der Waals surface area contributed by atoms with Gasteiger partial charge in [-0.15, -0.1) is 0 Å². The summed E-state index contributed by atoms with van der Waals surface area (Å²) in [5.74, 6) is -0.0208. The molecule has 0 amide bonds. The number of carboxylic acids is 1. The molecule has 0 saturated carbocycles. The lowest BCUT2D eigenvalue weighted by Crippen LogP contribution is -2.47. The van der Waals surface area contributed by atoms with E-state index in [1.807, 2.05) is 18.2 Å². The molecule has 1 aromatic carbocycles. The number of nitrogens with zero attached hydrogens (tertiary/aromatic N) is 2. The van der Waals surface area contributed by atoms with Crippen LogP contribution in [-0.2, 0) is 4.79 Å². The molecule has 2 bridgehead atoms. The summed E-state index contributed by atoms with van der Waals surface area (Å²) in [4.78, 5) is 15.8. The summed E-state index contributed by atoms with van der Waals surface area (Å²) in [6, 6.07) is 10.8. The molecule has 2 aliphatic rings. The van der Waals surface area contributed by atoms with Crippen molar-refractivity contribution >= 4 is 11.7 Å². The number of carbonyl (C=O) groups is 1. The molecule has 3 unspecified atom stereocenters. The van der Waals surface area contributed by atoms with Gasteiger partial charge in [-0.25, -0.2) is 0 Å². The molecule has 0 aromatic heterocycles. The van der Waals surface area contributed by atoms with E-state index in [-0.39, 0.29) is 6.42 Å². The Balaban J connectivity index is 1.79. The molecule has 2 fully saturated rings. The van der Waals surface area contributed by atoms with Crippen molar-refractivity contribution in [3.05, 3.63) is 30.3 Å². The smallest absolute Gasteiger partial charge is 0.305 e. The molecule has 4 nitrogen and oxygen atoms in total. The van der Waals surface area contributed by atoms with E-state index >= 15 is 0 Å². The van der Waals surface area contributed by atoms with Crippen molar-refractivity contribution in [3.63, 3.8) is 0 Å². The van der Waals surface area contributed by atoms with E-state index in [1.54, 1.807) is 0 Å². The van der Waals surface area contributed by atoms with Crippen LogP contribution in [0, 0.1) is 5.92 Å². The topological polar surface area (TPSA) is 43.8 Å². The average Bonchev–Trinajstić information content (AvgIpc) is 2.84. The number of hydrogen-bond acceptors (Lipinski definition) is 3. The summed E-state index contributed by atoms with van der Waals surface area (Å²) in [5, 5.41) is 9.00. The van der Waals surface area contributed by atoms with E-state index in [2.05, 4.69) is 21.9 Å². The Kier molecular flexibility index (Phi) is 3.92. The van der Waals surface area contributed by atoms with Crippen LogP contribution in [0.4, 0.5) is 5.69 Å². The molecule has 108 valence electrons. The maximum atomic E-state index is 10.9. The Morgan fingerprint density at radius 2 is 2.00 bits per heavy atom. The third-order valence-electron chi connectivity index (χ3n) is 4.65. The minimum Gasteiger partial charge on any atom is -0.481 e. The van der Waals surface area contributed by atoms with E-state index in [0.29, 0.717) is 18.5 Å². The van der Waals surface area contributed by atoms with Crippen LogP contribution in [0.25, 0.3) is 0 Å². The van der Waals surface area contributed by atoms with Crippen LogP contribution in [-0.4, -0.2) is 48.2 Å². The van der Waals surface area contributed by atoms with Gasteiger partial charge < -0.3 is 14.9 Å². The number of benzene rings is 1. The van der Waals surface area contributed by atoms with Gasteiger partial charge in [-0.1, -0.05) is 18.2 Å². The highest BCUT2D eigenvalue weighted by molar-refractivity contribution is 5.67. The molecule has 0 spiro atoms. The summed E-state index contributed by atoms with van der Waals surface area (Å²) in [7, 11) is 0. The van der Waals surface area contributed by atoms with Gasteiger partial charge in [0, 0.05) is 31.4 Å². The molecule has 2 aliphatic heterocycles. The summed E-state index contributed by atoms with van der Waals surface area (Å²) < 4.78 is 0. The van der Waals surface area contributed by atoms with Gasteiger partial charge in [-0.05, 0) is 37.4 Å². The zero-order chi connectivity index (χ0) is 13.9. The Bertz CT molecular complexity index is 463. The number of carboxylic acid groups (broad SMARTS) is 1. The van der Waals surface area contributed by atoms with Crippen molar-refractivity contribution in [2.24, 2.45) is 5.92 Å². The predicted octanol–water partition coefficient (Wildman–Crippen LogP) is 2.06. The van der Waals surface area contributed by atoms with Crippen LogP contribution in [0.2, 0.25) is 0 Å². The fraction of sp³-hybridized carbons (Fsp3) is 0.562. The van der Waals surface area contributed by atoms with Gasteiger partial charge in [0.05, 0.1) is 6.42 Å². The zero-order valence-electron chi connectivity index (χ0n) is 11.7. The molecular weight excluding hydrogens is 252 g/mol. The molecule has 0 aliphatic carbocycles. The normalized spacial score (nSPS) is 28.3. The van der Waals surface area contributed by atoms with Crippen LogP contribution in [0.5, 0.6) is 0 Å². The molecular formula is C16H22N2O2. The van der Waals surface area contributed by atoms with Crippen molar-refractivity contribution in [1.29, 1.82) is 0 Å². The molecule has 3 rings (SSSR count). The van der Waals surface area contributed by atoms with Crippen molar-refractivity contribution in [1.82, 2.24) is 4.90 Å². The molecule has 4 heteroatoms. The number of aliphatic carboxylic acids is 1. The summed E-state index contributed by atoms with van der Waals surface area (Å²) in [5.41, 5.74) is 1.17. The first-order valence-corrected chi connectivity index (χ1v) is 7.50. The maximum Gasteiger partial charge on any atom is 0.305 e. The van der Waals surface area contributed by atoms with Crippen molar-refractivity contribution in [2.75, 3.05) is 31.1 Å². The van der Waals surface area contributed by atoms with Gasteiger partial charge in [0.15, 0.2) is 0 Å². The molecule has 1 aromatic rings. The van der Waals surface area contributed by atoms with E-state index in [9.17, 15) is 4.79 Å². The van der Waals surface area contributed by atoms with Gasteiger partial charge >= 0.3 is 5.97 Å². The first kappa shape index (κ1) is 13.4. The highest BCUT2D eigenvalue weighted by atomic mass is 16.4. The minimum atomic E-state index is -0.713. The van der Waals surface area contributed by atoms with Gasteiger partial charge in [0.1, 0.15) is 0 Å². The lowest BCUT2D eigenvalue weighted by atomic mass is 9.92. The minimum absolute atomic E-state index is 0.210. The third kappa shape index (κ3) is 2.80. The fourth-order valence-corrected chi connectivity index (χ4v) is 3.66. The van der Waals surface area contributed by atoms with Crippen molar-refractivity contribution < 1.29 is 9.90 Å². The number of fused-ring (bicyclic) bond motifs is 2. The van der Waals surface area contributed by atoms with E-state index < -0.39 is 5.97 Å². The van der Waals surface area contributed by atoms with Crippen LogP contribution < -0.4 is 4.90 Å². The van der Waals surface area contributed by atoms with Crippen LogP contribution >= 0.6 is 0 Å². The zero-order valence-corrected chi connectivity index (χ0v) is 11.7. The second-order valence-corrected chi connectivity index (χ2v) is 5.88. The Morgan fingerprint density at radius 3 is 2.75 bits per heavy atom. The van der Waals surface area contributed by atoms with Crippen LogP contribution in [0.1, 0.15) is 19.3 Å². The number of rotatable bonds is 5. The van der Waals surface area contributed by atoms with Crippen molar-refractivity contribution in [2.45, 2.75) is 25.3 Å². The maximum absolute atomic E-state index is 10.9. The summed E-state index contributed by atoms with van der Waals surface area (Å²) >= 11 is 0. The monoisotopic (exact) mass is 274 g/mol. The quantitative estimate of drug-likeness (QED) is 0.892. The van der Waals surface area contributed by atoms with Crippen LogP contribution in [0.15, 0.2) is 30.3 Å². The van der Waals surface area contributed by atoms with Gasteiger partial charge in [-0.2, -0.15) is 0 Å². The first-order valence-electron chi connectivity index (χ1n) is 7.50. The standard InChI is InChI=1S/C16H22N2O2/c19-16(20)8-11-18(14-4-2-1-3-5-14)15-7-10-17-9-6-13(15)12-17/h1-5,13,15H,6-12H2,(H,19,20). The Hall–Kier alpha value is -1.55. The van der Waals surface area contributed by atoms with E-state index in [1.165, 1.54) is 25.2 Å². The van der Waals surface area contributed by atoms with Crippen LogP contribution in [0.3, 0.4) is 0 Å². The SMILES string of the molecule is O=C(O)CCN(c1ccccc1)C1CCN2CCC1C2. The predicted molar refractivity (Wildman–Crippen MR) is 79.0 cm³/mol. The van der Waals surface area contributed by atoms with Crippen molar-refractivity contribution in [3.8, 4) is 0 Å². The summed E-state index contributed by atoms with van der Waals surface area (Å²) in [6.45, 7) is 4.15. The number of anilines is 1. The number of hydrogen-bond donors (Lipinski definition) is 1. The highest BCUT2D eigenvalue weighted by Gasteiger charge is 2.37. The van der Waals surface area contributed by atoms with E-state index in [4.69, 9.17) is 5.11 Å². The molecule has 3 atom stereocenters. The lowest BCUT2D eigenvalue weighted by Gasteiger charge is -2.40. The first-order chi connectivity index (χ1) is 9.74. The highest BCUT2D eigenvalue weighted by Crippen LogP contribution is 2.33. The van der Waals surface area contributed by atoms with Gasteiger partial charge in [0.25, 0.3) is 0 Å². The van der Waals surface area contributed by atoms with Gasteiger partial charge in [-0.3, -0.25) is 4.79 Å². The Morgan fingerprint density at radius 1 is 1.25 bits per heavy atom. The number of piperidine rings is 1. The molecule has 1 N–H and O–H groups in total. The fourth-order valence-electron chi connectivity index (χ4n) is 3.66. The molecule has 2 saturated heterocycles. The van der Waals surface area contributed by atoms with E-state index in [0.717, 1.165) is 13.0 Å². The largest absolute Gasteiger partial charge is 0.481 e. The Labute approximate surface area is 120 Å². The number of para-hydroxylation sites is 1. The molecule has 20 heavy (non-hydrogen) atoms. The third-order valence-corrected chi connectivity index (χ3v) is 4.65. The second-order valence-electron chi connectivity index (χ2n) is 5.88. The molecule has 0 radical (unpaired) electrons. The summed E-state index contributed by atoms with van der Waals surface area (Å²) in [6.07, 6.45) is 2.61. The second kappa shape index (κ2) is 5.83. The molecule has 2 heterocycles.